The Balaban J connectivity index is 3.73. The van der Waals surface area contributed by atoms with E-state index in [4.69, 9.17) is 14.7 Å². The van der Waals surface area contributed by atoms with Crippen molar-refractivity contribution in [1.29, 1.82) is 0 Å². The third kappa shape index (κ3) is 22.6. The molecule has 0 heterocycles. The molecule has 0 spiro atoms. The van der Waals surface area contributed by atoms with E-state index < -0.39 is 26.9 Å². The van der Waals surface area contributed by atoms with E-state index >= 15 is 0 Å². The van der Waals surface area contributed by atoms with Crippen LogP contribution >= 0.6 is 8.25 Å². The Morgan fingerprint density at radius 3 is 1.66 bits per heavy atom. The fraction of sp³-hybridized carbons (Fsp3) is 0.480. The second-order valence-corrected chi connectivity index (χ2v) is 7.52. The van der Waals surface area contributed by atoms with Crippen molar-refractivity contribution in [2.45, 2.75) is 64.4 Å². The highest BCUT2D eigenvalue weighted by atomic mass is 31.1. The SMILES string of the molecule is CC/C=C/C/C=C/C/C=C/C/C=C/C/C=C/C/C=C/CCC(=O)OC(CO)CO[P+](=O)O. The predicted molar refractivity (Wildman–Crippen MR) is 130 cm³/mol. The number of carbonyl (C=O) groups excluding carboxylic acids is 1. The zero-order valence-corrected chi connectivity index (χ0v) is 19.9. The monoisotopic (exact) mass is 465 g/mol. The van der Waals surface area contributed by atoms with Crippen molar-refractivity contribution in [3.63, 3.8) is 0 Å². The standard InChI is InChI=1S/C25H37O6P/c1-2-3-4-5-6-7-8-9-10-11-12-13-14-15-16-17-18-19-20-21-25(27)31-24(22-26)23-30-32(28)29/h3-4,6-7,9-10,12-13,15-16,18-19,24,26H,2,5,8,11,14,17,20-23H2,1H3/p+1/b4-3+,7-6+,10-9+,13-12+,16-15+,19-18+. The molecule has 32 heavy (non-hydrogen) atoms. The van der Waals surface area contributed by atoms with Crippen LogP contribution in [0.5, 0.6) is 0 Å². The zero-order valence-electron chi connectivity index (χ0n) is 19.1. The molecule has 0 aromatic rings. The van der Waals surface area contributed by atoms with E-state index in [1.54, 1.807) is 0 Å². The fourth-order valence-electron chi connectivity index (χ4n) is 2.36. The Morgan fingerprint density at radius 2 is 1.25 bits per heavy atom. The Kier molecular flexibility index (Phi) is 22.0. The third-order valence-corrected chi connectivity index (χ3v) is 4.35. The molecule has 0 radical (unpaired) electrons. The summed E-state index contributed by atoms with van der Waals surface area (Å²) in [6, 6.07) is 0. The van der Waals surface area contributed by atoms with Gasteiger partial charge in [0, 0.05) is 11.0 Å². The lowest BCUT2D eigenvalue weighted by molar-refractivity contribution is -0.152. The summed E-state index contributed by atoms with van der Waals surface area (Å²) >= 11 is 0. The minimum atomic E-state index is -2.78. The molecule has 7 heteroatoms. The molecule has 0 aliphatic rings. The number of allylic oxidation sites excluding steroid dienone is 12. The van der Waals surface area contributed by atoms with Crippen LogP contribution in [0.25, 0.3) is 0 Å². The van der Waals surface area contributed by atoms with Crippen LogP contribution in [0.2, 0.25) is 0 Å². The molecule has 0 rings (SSSR count). The van der Waals surface area contributed by atoms with Gasteiger partial charge in [0.1, 0.15) is 6.61 Å². The van der Waals surface area contributed by atoms with E-state index in [1.165, 1.54) is 0 Å². The number of rotatable bonds is 19. The average molecular weight is 466 g/mol. The molecular formula is C25H38O6P+. The normalized spacial score (nSPS) is 14.2. The molecule has 0 aliphatic heterocycles. The second kappa shape index (κ2) is 23.6. The Labute approximate surface area is 193 Å². The molecule has 2 unspecified atom stereocenters. The van der Waals surface area contributed by atoms with Crippen LogP contribution in [0, 0.1) is 0 Å². The minimum Gasteiger partial charge on any atom is -0.457 e. The summed E-state index contributed by atoms with van der Waals surface area (Å²) in [5, 5.41) is 9.05. The maximum Gasteiger partial charge on any atom is 0.694 e. The van der Waals surface area contributed by atoms with Crippen molar-refractivity contribution in [3.05, 3.63) is 72.9 Å². The van der Waals surface area contributed by atoms with Crippen LogP contribution in [-0.2, 0) is 18.6 Å². The first-order valence-electron chi connectivity index (χ1n) is 11.1. The van der Waals surface area contributed by atoms with Crippen molar-refractivity contribution in [2.24, 2.45) is 0 Å². The molecule has 0 bridgehead atoms. The quantitative estimate of drug-likeness (QED) is 0.137. The third-order valence-electron chi connectivity index (χ3n) is 3.98. The molecule has 2 N–H and O–H groups in total. The molecule has 0 amide bonds. The first-order valence-corrected chi connectivity index (χ1v) is 12.2. The number of hydrogen-bond donors (Lipinski definition) is 2. The van der Waals surface area contributed by atoms with Crippen LogP contribution in [-0.4, -0.2) is 35.3 Å². The van der Waals surface area contributed by atoms with Gasteiger partial charge in [0.05, 0.1) is 6.61 Å². The number of esters is 1. The van der Waals surface area contributed by atoms with Gasteiger partial charge in [-0.05, 0) is 44.9 Å². The highest BCUT2D eigenvalue weighted by molar-refractivity contribution is 7.32. The highest BCUT2D eigenvalue weighted by Crippen LogP contribution is 2.15. The van der Waals surface area contributed by atoms with Crippen LogP contribution < -0.4 is 0 Å². The molecule has 0 aromatic carbocycles. The van der Waals surface area contributed by atoms with E-state index in [1.807, 2.05) is 12.2 Å². The smallest absolute Gasteiger partial charge is 0.457 e. The number of aliphatic hydroxyl groups excluding tert-OH is 1. The van der Waals surface area contributed by atoms with Gasteiger partial charge in [-0.1, -0.05) is 79.8 Å². The van der Waals surface area contributed by atoms with Crippen LogP contribution in [0.4, 0.5) is 0 Å². The molecule has 0 aliphatic carbocycles. The minimum absolute atomic E-state index is 0.171. The lowest BCUT2D eigenvalue weighted by Gasteiger charge is -2.11. The number of hydrogen-bond acceptors (Lipinski definition) is 5. The highest BCUT2D eigenvalue weighted by Gasteiger charge is 2.20. The fourth-order valence-corrected chi connectivity index (χ4v) is 2.65. The molecule has 6 nitrogen and oxygen atoms in total. The van der Waals surface area contributed by atoms with Gasteiger partial charge in [0.2, 0.25) is 0 Å². The zero-order chi connectivity index (χ0) is 23.7. The Bertz CT molecular complexity index is 661. The molecule has 0 saturated heterocycles. The molecule has 2 atom stereocenters. The van der Waals surface area contributed by atoms with Crippen LogP contribution in [0.3, 0.4) is 0 Å². The van der Waals surface area contributed by atoms with Gasteiger partial charge in [-0.15, -0.1) is 9.42 Å². The molecule has 0 saturated carbocycles. The van der Waals surface area contributed by atoms with E-state index in [-0.39, 0.29) is 13.0 Å². The summed E-state index contributed by atoms with van der Waals surface area (Å²) in [4.78, 5) is 20.2. The van der Waals surface area contributed by atoms with Crippen molar-refractivity contribution >= 4 is 14.2 Å². The number of ether oxygens (including phenoxy) is 1. The van der Waals surface area contributed by atoms with Gasteiger partial charge in [0.15, 0.2) is 6.10 Å². The summed E-state index contributed by atoms with van der Waals surface area (Å²) in [6.07, 6.45) is 30.9. The van der Waals surface area contributed by atoms with E-state index in [9.17, 15) is 9.36 Å². The average Bonchev–Trinajstić information content (AvgIpc) is 2.78. The maximum atomic E-state index is 11.6. The number of carbonyl (C=O) groups is 1. The van der Waals surface area contributed by atoms with Gasteiger partial charge in [-0.25, -0.2) is 0 Å². The molecule has 0 fully saturated rings. The lowest BCUT2D eigenvalue weighted by Crippen LogP contribution is -2.26. The van der Waals surface area contributed by atoms with Gasteiger partial charge >= 0.3 is 14.2 Å². The summed E-state index contributed by atoms with van der Waals surface area (Å²) < 4.78 is 19.8. The molecular weight excluding hydrogens is 427 g/mol. The van der Waals surface area contributed by atoms with E-state index in [0.717, 1.165) is 38.5 Å². The Hall–Kier alpha value is -2.11. The van der Waals surface area contributed by atoms with E-state index in [2.05, 4.69) is 72.2 Å². The van der Waals surface area contributed by atoms with Gasteiger partial charge < -0.3 is 9.84 Å². The van der Waals surface area contributed by atoms with Gasteiger partial charge in [-0.3, -0.25) is 4.79 Å². The second-order valence-electron chi connectivity index (χ2n) is 6.78. The van der Waals surface area contributed by atoms with Crippen molar-refractivity contribution in [3.8, 4) is 0 Å². The Morgan fingerprint density at radius 1 is 0.812 bits per heavy atom. The van der Waals surface area contributed by atoms with Crippen molar-refractivity contribution < 1.29 is 28.6 Å². The molecule has 178 valence electrons. The summed E-state index contributed by atoms with van der Waals surface area (Å²) in [5.74, 6) is -0.486. The van der Waals surface area contributed by atoms with Crippen molar-refractivity contribution in [2.75, 3.05) is 13.2 Å². The first kappa shape index (κ1) is 29.9. The van der Waals surface area contributed by atoms with Crippen LogP contribution in [0.15, 0.2) is 72.9 Å². The predicted octanol–water partition coefficient (Wildman–Crippen LogP) is 6.03. The van der Waals surface area contributed by atoms with Gasteiger partial charge in [0.25, 0.3) is 0 Å². The summed E-state index contributed by atoms with van der Waals surface area (Å²) in [6.45, 7) is 1.36. The van der Waals surface area contributed by atoms with Crippen molar-refractivity contribution in [1.82, 2.24) is 0 Å². The summed E-state index contributed by atoms with van der Waals surface area (Å²) in [5.41, 5.74) is 0. The van der Waals surface area contributed by atoms with Crippen LogP contribution in [0.1, 0.15) is 58.3 Å². The molecule has 0 aromatic heterocycles. The topological polar surface area (TPSA) is 93.1 Å². The largest absolute Gasteiger partial charge is 0.694 e. The maximum absolute atomic E-state index is 11.6. The van der Waals surface area contributed by atoms with Gasteiger partial charge in [-0.2, -0.15) is 0 Å². The van der Waals surface area contributed by atoms with E-state index in [0.29, 0.717) is 6.42 Å². The summed E-state index contributed by atoms with van der Waals surface area (Å²) in [7, 11) is -2.78. The number of aliphatic hydroxyl groups is 1. The first-order chi connectivity index (χ1) is 15.6. The lowest BCUT2D eigenvalue weighted by atomic mass is 10.2.